The molecule has 3 fully saturated rings. The lowest BCUT2D eigenvalue weighted by Gasteiger charge is -2.27. The predicted molar refractivity (Wildman–Crippen MR) is 155 cm³/mol. The van der Waals surface area contributed by atoms with E-state index in [4.69, 9.17) is 33.3 Å². The lowest BCUT2D eigenvalue weighted by Crippen LogP contribution is -2.35. The van der Waals surface area contributed by atoms with Crippen LogP contribution in [0.15, 0.2) is 48.0 Å². The monoisotopic (exact) mass is 691 g/mol. The average molecular weight is 692 g/mol. The third kappa shape index (κ3) is 5.31. The van der Waals surface area contributed by atoms with Crippen LogP contribution in [-0.2, 0) is 36.7 Å². The molecular formula is C22H24FN7O10P2S2. The largest absolute Gasteiger partial charge is 0.397 e. The van der Waals surface area contributed by atoms with Crippen molar-refractivity contribution in [3.63, 3.8) is 0 Å². The molecule has 3 saturated heterocycles. The number of nitrogens with two attached hydrogens (primary N) is 1. The second-order valence-corrected chi connectivity index (χ2v) is 15.9. The molecule has 17 nitrogen and oxygen atoms in total. The van der Waals surface area contributed by atoms with Crippen LogP contribution in [0, 0.1) is 0 Å². The molecule has 0 aliphatic carbocycles. The maximum Gasteiger partial charge on any atom is 0.386 e. The van der Waals surface area contributed by atoms with Gasteiger partial charge in [-0.2, -0.15) is 0 Å². The number of imidazole rings is 2. The van der Waals surface area contributed by atoms with E-state index in [-0.39, 0.29) is 17.0 Å². The third-order valence-electron chi connectivity index (χ3n) is 7.40. The SMILES string of the molecule is Nc1ccnc2c1ncn2[C@@H]1O[C@@H]2CO[P@@](=O)(S)O[C@@H]3[C@H](O)[C@@H](COP(=O)(S)O[C@H]2[C@@H]1F)O[C@H]3n1ccc(=O)n2ccnc12. The third-order valence-corrected chi connectivity index (χ3v) is 10.6. The van der Waals surface area contributed by atoms with E-state index in [9.17, 15) is 19.0 Å². The van der Waals surface area contributed by atoms with Crippen molar-refractivity contribution in [2.24, 2.45) is 0 Å². The first kappa shape index (κ1) is 30.3. The molecule has 2 bridgehead atoms. The molecule has 0 radical (unpaired) electrons. The lowest BCUT2D eigenvalue weighted by molar-refractivity contribution is -0.0571. The van der Waals surface area contributed by atoms with Crippen molar-refractivity contribution in [1.29, 1.82) is 0 Å². The van der Waals surface area contributed by atoms with Crippen LogP contribution in [0.3, 0.4) is 0 Å². The summed E-state index contributed by atoms with van der Waals surface area (Å²) in [5.74, 6) is 0.120. The molecule has 7 heterocycles. The van der Waals surface area contributed by atoms with E-state index >= 15 is 4.39 Å². The van der Waals surface area contributed by atoms with Crippen LogP contribution in [0.5, 0.6) is 0 Å². The highest BCUT2D eigenvalue weighted by molar-refractivity contribution is 8.44. The Hall–Kier alpha value is -2.35. The van der Waals surface area contributed by atoms with Crippen molar-refractivity contribution in [3.8, 4) is 0 Å². The maximum atomic E-state index is 16.0. The van der Waals surface area contributed by atoms with Crippen molar-refractivity contribution in [1.82, 2.24) is 28.5 Å². The number of halogens is 1. The standard InChI is InChI=1S/C22H24FN7O10P2S2/c23-14-17-12(38-20(14)30-9-27-15-10(24)1-3-25-19(15)30)8-36-42(34,44)40-18-16(32)11(7-35-41(33,43)39-17)37-21(18)29-5-2-13(31)28-6-4-26-22(28)29/h1-6,9,11-12,14,16-18,20-21,32H,7-8H2,(H2,24,25)(H,33,43)(H,34,44)/t11-,12-,14+,16-,17-,18-,20-,21-,41?,42-/m1/s1. The second kappa shape index (κ2) is 11.2. The number of anilines is 1. The quantitative estimate of drug-likeness (QED) is 0.175. The number of fused-ring (bicyclic) bond motifs is 5. The van der Waals surface area contributed by atoms with Gasteiger partial charge in [-0.25, -0.2) is 28.5 Å². The zero-order valence-electron chi connectivity index (χ0n) is 22.1. The second-order valence-electron chi connectivity index (χ2n) is 10.1. The first-order valence-corrected chi connectivity index (χ1v) is 18.4. The van der Waals surface area contributed by atoms with Gasteiger partial charge in [0.1, 0.15) is 36.0 Å². The Morgan fingerprint density at radius 3 is 2.41 bits per heavy atom. The molecule has 44 heavy (non-hydrogen) atoms. The Bertz CT molecular complexity index is 1890. The molecular weight excluding hydrogens is 667 g/mol. The zero-order valence-corrected chi connectivity index (χ0v) is 25.7. The highest BCUT2D eigenvalue weighted by atomic mass is 32.7. The van der Waals surface area contributed by atoms with Crippen LogP contribution in [0.25, 0.3) is 16.9 Å². The summed E-state index contributed by atoms with van der Waals surface area (Å²) in [4.78, 5) is 24.8. The Labute approximate surface area is 256 Å². The Balaban J connectivity index is 1.21. The van der Waals surface area contributed by atoms with Crippen molar-refractivity contribution < 1.29 is 46.2 Å². The van der Waals surface area contributed by atoms with Gasteiger partial charge in [0.2, 0.25) is 5.78 Å². The normalized spacial score (nSPS) is 38.3. The molecule has 0 saturated carbocycles. The maximum absolute atomic E-state index is 16.0. The molecule has 7 rings (SSSR count). The summed E-state index contributed by atoms with van der Waals surface area (Å²) in [6.07, 6.45) is -4.97. The molecule has 1 unspecified atom stereocenters. The van der Waals surface area contributed by atoms with E-state index in [1.54, 1.807) is 0 Å². The average Bonchev–Trinajstić information content (AvgIpc) is 3.75. The fourth-order valence-electron chi connectivity index (χ4n) is 5.36. The van der Waals surface area contributed by atoms with Crippen LogP contribution in [0.2, 0.25) is 0 Å². The van der Waals surface area contributed by atoms with E-state index in [1.165, 1.54) is 56.8 Å². The van der Waals surface area contributed by atoms with E-state index in [2.05, 4.69) is 39.4 Å². The van der Waals surface area contributed by atoms with Crippen LogP contribution >= 0.6 is 38.1 Å². The molecule has 4 aromatic rings. The summed E-state index contributed by atoms with van der Waals surface area (Å²) in [5, 5.41) is 11.1. The summed E-state index contributed by atoms with van der Waals surface area (Å²) in [6, 6.07) is 2.76. The minimum Gasteiger partial charge on any atom is -0.397 e. The molecule has 3 N–H and O–H groups in total. The lowest BCUT2D eigenvalue weighted by atomic mass is 10.1. The Morgan fingerprint density at radius 1 is 0.932 bits per heavy atom. The van der Waals surface area contributed by atoms with Crippen molar-refractivity contribution in [2.75, 3.05) is 18.9 Å². The van der Waals surface area contributed by atoms with Gasteiger partial charge in [-0.15, -0.1) is 0 Å². The molecule has 3 aliphatic rings. The number of hydrogen-bond acceptors (Lipinski definition) is 14. The first-order chi connectivity index (χ1) is 20.9. The van der Waals surface area contributed by atoms with E-state index < -0.39 is 76.0 Å². The molecule has 0 aromatic carbocycles. The Morgan fingerprint density at radius 2 is 1.64 bits per heavy atom. The molecule has 4 aromatic heterocycles. The van der Waals surface area contributed by atoms with Crippen molar-refractivity contribution in [2.45, 2.75) is 49.1 Å². The summed E-state index contributed by atoms with van der Waals surface area (Å²) < 4.78 is 80.7. The number of alkyl halides is 1. The molecule has 0 spiro atoms. The number of aromatic nitrogens is 6. The number of nitrogens with zero attached hydrogens (tertiary/aromatic N) is 6. The van der Waals surface area contributed by atoms with Gasteiger partial charge in [-0.3, -0.25) is 36.4 Å². The van der Waals surface area contributed by atoms with Gasteiger partial charge in [-0.05, 0) is 6.07 Å². The van der Waals surface area contributed by atoms with Gasteiger partial charge < -0.3 is 20.3 Å². The van der Waals surface area contributed by atoms with E-state index in [1.807, 2.05) is 0 Å². The van der Waals surface area contributed by atoms with E-state index in [0.717, 1.165) is 0 Å². The van der Waals surface area contributed by atoms with Crippen molar-refractivity contribution >= 4 is 60.7 Å². The summed E-state index contributed by atoms with van der Waals surface area (Å²) in [7, 11) is 0. The van der Waals surface area contributed by atoms with Crippen LogP contribution < -0.4 is 11.3 Å². The number of ether oxygens (including phenoxy) is 2. The summed E-state index contributed by atoms with van der Waals surface area (Å²) >= 11 is 8.09. The molecule has 22 heteroatoms. The van der Waals surface area contributed by atoms with Crippen LogP contribution in [0.1, 0.15) is 12.5 Å². The van der Waals surface area contributed by atoms with Gasteiger partial charge in [0.25, 0.3) is 5.56 Å². The van der Waals surface area contributed by atoms with Gasteiger partial charge in [0, 0.05) is 30.9 Å². The smallest absolute Gasteiger partial charge is 0.386 e. The molecule has 3 aliphatic heterocycles. The molecule has 0 amide bonds. The van der Waals surface area contributed by atoms with Gasteiger partial charge in [0.05, 0.1) is 25.2 Å². The highest BCUT2D eigenvalue weighted by Crippen LogP contribution is 2.60. The number of aliphatic hydroxyl groups excluding tert-OH is 1. The number of pyridine rings is 1. The minimum absolute atomic E-state index is 0.120. The summed E-state index contributed by atoms with van der Waals surface area (Å²) in [5.41, 5.74) is 6.39. The zero-order chi connectivity index (χ0) is 31.0. The number of rotatable bonds is 2. The van der Waals surface area contributed by atoms with Gasteiger partial charge in [0.15, 0.2) is 24.3 Å². The van der Waals surface area contributed by atoms with Crippen LogP contribution in [-0.4, -0.2) is 83.5 Å². The minimum atomic E-state index is -4.36. The topological polar surface area (TPSA) is 206 Å². The van der Waals surface area contributed by atoms with E-state index in [0.29, 0.717) is 11.2 Å². The predicted octanol–water partition coefficient (Wildman–Crippen LogP) is 1.91. The first-order valence-electron chi connectivity index (χ1n) is 13.0. The summed E-state index contributed by atoms with van der Waals surface area (Å²) in [6.45, 7) is -9.92. The number of aliphatic hydroxyl groups is 1. The molecule has 10 atom stereocenters. The van der Waals surface area contributed by atoms with Gasteiger partial charge >= 0.3 is 13.6 Å². The fraction of sp³-hybridized carbons (Fsp3) is 0.455. The van der Waals surface area contributed by atoms with Crippen molar-refractivity contribution in [3.05, 3.63) is 53.6 Å². The molecule has 236 valence electrons. The number of thiol groups is 2. The fourth-order valence-corrected chi connectivity index (χ4v) is 8.30. The highest BCUT2D eigenvalue weighted by Gasteiger charge is 2.53. The van der Waals surface area contributed by atoms with Crippen LogP contribution in [0.4, 0.5) is 10.1 Å². The van der Waals surface area contributed by atoms with Gasteiger partial charge in [-0.1, -0.05) is 24.5 Å². The number of nitrogen functional groups attached to an aromatic ring is 1. The number of hydrogen-bond donors (Lipinski definition) is 4. The Kier molecular flexibility index (Phi) is 7.69.